The quantitative estimate of drug-likeness (QED) is 0.523. The largest absolute Gasteiger partial charge is 0.478 e. The number of esters is 2. The van der Waals surface area contributed by atoms with Crippen molar-refractivity contribution >= 4 is 29.3 Å². The molecule has 1 atom stereocenters. The Morgan fingerprint density at radius 3 is 2.16 bits per heavy atom. The number of aromatic carboxylic acids is 1. The molecule has 4 heterocycles. The SMILES string of the molecule is COC(=O)C1CN(c2ccc3c(c2)Oc2cc(N4CCC4)ccc2C32OC(=O)c3ccc(C(=O)O)cc32)C1. The molecule has 0 amide bonds. The second-order valence-corrected chi connectivity index (χ2v) is 10.1. The predicted octanol–water partition coefficient (Wildman–Crippen LogP) is 3.77. The number of fused-ring (bicyclic) bond motifs is 6. The number of hydrogen-bond donors (Lipinski definition) is 1. The normalized spacial score (nSPS) is 20.9. The first-order chi connectivity index (χ1) is 18.4. The van der Waals surface area contributed by atoms with Crippen molar-refractivity contribution in [3.05, 3.63) is 82.4 Å². The monoisotopic (exact) mass is 512 g/mol. The van der Waals surface area contributed by atoms with Gasteiger partial charge in [-0.15, -0.1) is 0 Å². The molecule has 1 N–H and O–H groups in total. The molecule has 9 heteroatoms. The molecule has 2 saturated heterocycles. The summed E-state index contributed by atoms with van der Waals surface area (Å²) in [5.41, 5.74) is 2.66. The zero-order valence-corrected chi connectivity index (χ0v) is 20.6. The van der Waals surface area contributed by atoms with E-state index in [-0.39, 0.29) is 17.5 Å². The molecule has 0 aliphatic carbocycles. The summed E-state index contributed by atoms with van der Waals surface area (Å²) < 4.78 is 17.5. The van der Waals surface area contributed by atoms with Crippen molar-refractivity contribution in [3.63, 3.8) is 0 Å². The fraction of sp³-hybridized carbons (Fsp3) is 0.276. The minimum atomic E-state index is -1.35. The van der Waals surface area contributed by atoms with Crippen molar-refractivity contribution in [2.75, 3.05) is 43.1 Å². The Kier molecular flexibility index (Phi) is 4.76. The van der Waals surface area contributed by atoms with Gasteiger partial charge in [0, 0.05) is 66.4 Å². The Morgan fingerprint density at radius 2 is 1.58 bits per heavy atom. The lowest BCUT2D eigenvalue weighted by Crippen LogP contribution is -2.50. The molecular formula is C29H24N2O7. The van der Waals surface area contributed by atoms with Crippen LogP contribution in [0.3, 0.4) is 0 Å². The zero-order chi connectivity index (χ0) is 26.2. The highest BCUT2D eigenvalue weighted by molar-refractivity contribution is 5.99. The van der Waals surface area contributed by atoms with E-state index in [1.807, 2.05) is 36.4 Å². The number of methoxy groups -OCH3 is 1. The first-order valence-electron chi connectivity index (χ1n) is 12.5. The highest BCUT2D eigenvalue weighted by Crippen LogP contribution is 2.57. The summed E-state index contributed by atoms with van der Waals surface area (Å²) in [7, 11) is 1.39. The Balaban J connectivity index is 1.38. The number of hydrogen-bond acceptors (Lipinski definition) is 8. The standard InChI is InChI=1S/C29H24N2O7/c1-36-27(34)17-14-31(15-17)19-5-8-22-25(13-19)37-24-12-18(30-9-2-10-30)4-7-21(24)29(22)23-11-16(26(32)33)3-6-20(23)28(35)38-29/h3-8,11-13,17H,2,9-10,14-15H2,1H3,(H,32,33). The van der Waals surface area contributed by atoms with Gasteiger partial charge < -0.3 is 29.1 Å². The van der Waals surface area contributed by atoms with Crippen LogP contribution in [0.25, 0.3) is 0 Å². The summed E-state index contributed by atoms with van der Waals surface area (Å²) in [6, 6.07) is 16.0. The van der Waals surface area contributed by atoms with Crippen LogP contribution in [0.5, 0.6) is 11.5 Å². The molecule has 7 rings (SSSR count). The highest BCUT2D eigenvalue weighted by atomic mass is 16.6. The van der Waals surface area contributed by atoms with E-state index >= 15 is 0 Å². The van der Waals surface area contributed by atoms with Crippen LogP contribution in [0, 0.1) is 5.92 Å². The summed E-state index contributed by atoms with van der Waals surface area (Å²) >= 11 is 0. The van der Waals surface area contributed by atoms with E-state index in [9.17, 15) is 19.5 Å². The van der Waals surface area contributed by atoms with Gasteiger partial charge in [0.15, 0.2) is 5.60 Å². The van der Waals surface area contributed by atoms with Crippen LogP contribution in [0.15, 0.2) is 54.6 Å². The second kappa shape index (κ2) is 7.98. The lowest BCUT2D eigenvalue weighted by Gasteiger charge is -2.41. The molecule has 1 unspecified atom stereocenters. The number of rotatable bonds is 4. The summed E-state index contributed by atoms with van der Waals surface area (Å²) in [4.78, 5) is 41.2. The van der Waals surface area contributed by atoms with E-state index in [4.69, 9.17) is 14.2 Å². The minimum Gasteiger partial charge on any atom is -0.478 e. The van der Waals surface area contributed by atoms with Crippen LogP contribution in [0.2, 0.25) is 0 Å². The van der Waals surface area contributed by atoms with Gasteiger partial charge in [-0.1, -0.05) is 0 Å². The van der Waals surface area contributed by atoms with Gasteiger partial charge in [-0.05, 0) is 48.9 Å². The maximum absolute atomic E-state index is 13.2. The van der Waals surface area contributed by atoms with Crippen LogP contribution in [0.4, 0.5) is 11.4 Å². The number of carbonyl (C=O) groups is 3. The van der Waals surface area contributed by atoms with Gasteiger partial charge in [0.05, 0.1) is 24.2 Å². The fourth-order valence-electron chi connectivity index (χ4n) is 5.80. The van der Waals surface area contributed by atoms with Crippen molar-refractivity contribution in [1.82, 2.24) is 0 Å². The van der Waals surface area contributed by atoms with Crippen LogP contribution in [-0.4, -0.2) is 56.3 Å². The highest BCUT2D eigenvalue weighted by Gasteiger charge is 2.54. The number of nitrogens with zero attached hydrogens (tertiary/aromatic N) is 2. The first kappa shape index (κ1) is 22.7. The second-order valence-electron chi connectivity index (χ2n) is 10.1. The molecule has 4 aliphatic rings. The number of carboxylic acids is 1. The summed E-state index contributed by atoms with van der Waals surface area (Å²) in [5.74, 6) is -0.951. The topological polar surface area (TPSA) is 106 Å². The Hall–Kier alpha value is -4.53. The van der Waals surface area contributed by atoms with Crippen molar-refractivity contribution in [2.24, 2.45) is 5.92 Å². The molecule has 4 aliphatic heterocycles. The van der Waals surface area contributed by atoms with Crippen LogP contribution < -0.4 is 14.5 Å². The molecule has 0 aromatic heterocycles. The van der Waals surface area contributed by atoms with E-state index in [1.165, 1.54) is 25.3 Å². The first-order valence-corrected chi connectivity index (χ1v) is 12.5. The van der Waals surface area contributed by atoms with Gasteiger partial charge in [0.2, 0.25) is 0 Å². The van der Waals surface area contributed by atoms with Gasteiger partial charge >= 0.3 is 17.9 Å². The van der Waals surface area contributed by atoms with Gasteiger partial charge in [0.25, 0.3) is 0 Å². The van der Waals surface area contributed by atoms with Crippen LogP contribution >= 0.6 is 0 Å². The molecule has 3 aromatic rings. The third-order valence-electron chi connectivity index (χ3n) is 8.02. The molecule has 3 aromatic carbocycles. The summed E-state index contributed by atoms with van der Waals surface area (Å²) in [5, 5.41) is 9.71. The van der Waals surface area contributed by atoms with Gasteiger partial charge in [-0.25, -0.2) is 9.59 Å². The molecule has 192 valence electrons. The molecule has 9 nitrogen and oxygen atoms in total. The third kappa shape index (κ3) is 3.08. The fourth-order valence-corrected chi connectivity index (χ4v) is 5.80. The molecule has 2 fully saturated rings. The van der Waals surface area contributed by atoms with E-state index in [1.54, 1.807) is 0 Å². The maximum atomic E-state index is 13.2. The third-order valence-corrected chi connectivity index (χ3v) is 8.02. The van der Waals surface area contributed by atoms with Crippen molar-refractivity contribution in [1.29, 1.82) is 0 Å². The lowest BCUT2D eigenvalue weighted by atomic mass is 9.77. The number of carboxylic acid groups (broad SMARTS) is 1. The smallest absolute Gasteiger partial charge is 0.340 e. The number of carbonyl (C=O) groups excluding carboxylic acids is 2. The van der Waals surface area contributed by atoms with Crippen molar-refractivity contribution in [2.45, 2.75) is 12.0 Å². The number of anilines is 2. The van der Waals surface area contributed by atoms with Crippen molar-refractivity contribution in [3.8, 4) is 11.5 Å². The van der Waals surface area contributed by atoms with Gasteiger partial charge in [0.1, 0.15) is 11.5 Å². The average molecular weight is 513 g/mol. The van der Waals surface area contributed by atoms with Gasteiger partial charge in [-0.3, -0.25) is 4.79 Å². The molecule has 0 radical (unpaired) electrons. The van der Waals surface area contributed by atoms with Gasteiger partial charge in [-0.2, -0.15) is 0 Å². The predicted molar refractivity (Wildman–Crippen MR) is 136 cm³/mol. The summed E-state index contributed by atoms with van der Waals surface area (Å²) in [6.45, 7) is 2.99. The molecule has 0 saturated carbocycles. The van der Waals surface area contributed by atoms with E-state index < -0.39 is 17.5 Å². The molecule has 38 heavy (non-hydrogen) atoms. The molecular weight excluding hydrogens is 488 g/mol. The summed E-state index contributed by atoms with van der Waals surface area (Å²) in [6.07, 6.45) is 1.12. The van der Waals surface area contributed by atoms with Crippen LogP contribution in [0.1, 0.15) is 43.8 Å². The van der Waals surface area contributed by atoms with Crippen LogP contribution in [-0.2, 0) is 19.9 Å². The Morgan fingerprint density at radius 1 is 0.921 bits per heavy atom. The van der Waals surface area contributed by atoms with E-state index in [0.717, 1.165) is 30.9 Å². The van der Waals surface area contributed by atoms with E-state index in [2.05, 4.69) is 9.80 Å². The maximum Gasteiger partial charge on any atom is 0.340 e. The molecule has 0 bridgehead atoms. The Bertz CT molecular complexity index is 1540. The Labute approximate surface area is 218 Å². The number of ether oxygens (including phenoxy) is 3. The zero-order valence-electron chi connectivity index (χ0n) is 20.6. The molecule has 1 spiro atoms. The van der Waals surface area contributed by atoms with Crippen molar-refractivity contribution < 1.29 is 33.7 Å². The average Bonchev–Trinajstić information content (AvgIpc) is 3.14. The number of benzene rings is 3. The minimum absolute atomic E-state index is 0.0688. The lowest BCUT2D eigenvalue weighted by molar-refractivity contribution is -0.146. The van der Waals surface area contributed by atoms with E-state index in [0.29, 0.717) is 46.8 Å².